The average molecular weight is 432 g/mol. The first-order valence-electron chi connectivity index (χ1n) is 7.61. The number of hydrogen-bond donors (Lipinski definition) is 2. The van der Waals surface area contributed by atoms with E-state index in [2.05, 4.69) is 5.10 Å². The molecular weight excluding hydrogens is 422 g/mol. The van der Waals surface area contributed by atoms with Crippen molar-refractivity contribution in [2.45, 2.75) is 12.3 Å². The summed E-state index contributed by atoms with van der Waals surface area (Å²) in [6.07, 6.45) is -5.26. The molecule has 6 nitrogen and oxygen atoms in total. The van der Waals surface area contributed by atoms with Gasteiger partial charge in [-0.05, 0) is 29.8 Å². The third-order valence-corrected chi connectivity index (χ3v) is 4.50. The van der Waals surface area contributed by atoms with E-state index in [9.17, 15) is 27.9 Å². The molecule has 0 amide bonds. The lowest BCUT2D eigenvalue weighted by Crippen LogP contribution is -2.30. The SMILES string of the molecule is O=c1cnn(-c2ccc(C(O)c3ccc(Cl)c(C(F)(F)F)c3)c(Cl)c2)c(=O)[nH]1. The summed E-state index contributed by atoms with van der Waals surface area (Å²) in [7, 11) is 0. The van der Waals surface area contributed by atoms with Gasteiger partial charge in [0.05, 0.1) is 16.3 Å². The first-order chi connectivity index (χ1) is 13.1. The second-order valence-electron chi connectivity index (χ2n) is 5.70. The largest absolute Gasteiger partial charge is 0.417 e. The molecule has 0 aliphatic carbocycles. The lowest BCUT2D eigenvalue weighted by Gasteiger charge is -2.17. The van der Waals surface area contributed by atoms with Crippen molar-refractivity contribution in [1.29, 1.82) is 0 Å². The quantitative estimate of drug-likeness (QED) is 0.665. The van der Waals surface area contributed by atoms with E-state index in [-0.39, 0.29) is 21.8 Å². The van der Waals surface area contributed by atoms with E-state index < -0.39 is 34.1 Å². The van der Waals surface area contributed by atoms with Gasteiger partial charge >= 0.3 is 11.9 Å². The Kier molecular flexibility index (Phi) is 5.33. The highest BCUT2D eigenvalue weighted by molar-refractivity contribution is 6.32. The molecule has 0 aliphatic heterocycles. The fraction of sp³-hybridized carbons (Fsp3) is 0.118. The number of nitrogens with zero attached hydrogens (tertiary/aromatic N) is 2. The number of aliphatic hydroxyl groups excluding tert-OH is 1. The number of nitrogens with one attached hydrogen (secondary N) is 1. The molecule has 0 radical (unpaired) electrons. The number of H-pyrrole nitrogens is 1. The second-order valence-corrected chi connectivity index (χ2v) is 6.51. The van der Waals surface area contributed by atoms with Gasteiger partial charge in [-0.3, -0.25) is 9.78 Å². The van der Waals surface area contributed by atoms with Crippen LogP contribution in [0.15, 0.2) is 52.2 Å². The van der Waals surface area contributed by atoms with Crippen LogP contribution in [0.5, 0.6) is 0 Å². The van der Waals surface area contributed by atoms with Crippen LogP contribution in [0.2, 0.25) is 10.0 Å². The fourth-order valence-corrected chi connectivity index (χ4v) is 3.02. The molecule has 11 heteroatoms. The number of hydrogen-bond acceptors (Lipinski definition) is 4. The Hall–Kier alpha value is -2.62. The predicted octanol–water partition coefficient (Wildman–Crippen LogP) is 3.33. The van der Waals surface area contributed by atoms with Gasteiger partial charge in [-0.1, -0.05) is 35.3 Å². The van der Waals surface area contributed by atoms with Gasteiger partial charge in [-0.2, -0.15) is 23.0 Å². The molecular formula is C17H10Cl2F3N3O3. The number of benzene rings is 2. The summed E-state index contributed by atoms with van der Waals surface area (Å²) < 4.78 is 39.9. The minimum atomic E-state index is -4.68. The van der Waals surface area contributed by atoms with Crippen LogP contribution in [0, 0.1) is 0 Å². The van der Waals surface area contributed by atoms with Crippen LogP contribution in [0.25, 0.3) is 5.69 Å². The molecule has 2 N–H and O–H groups in total. The number of aromatic nitrogens is 3. The maximum absolute atomic E-state index is 13.0. The summed E-state index contributed by atoms with van der Waals surface area (Å²) in [4.78, 5) is 24.9. The smallest absolute Gasteiger partial charge is 0.384 e. The van der Waals surface area contributed by atoms with Crippen molar-refractivity contribution in [3.05, 3.63) is 90.2 Å². The Bertz CT molecular complexity index is 1160. The summed E-state index contributed by atoms with van der Waals surface area (Å²) in [5, 5.41) is 13.6. The Morgan fingerprint density at radius 1 is 1.07 bits per heavy atom. The zero-order valence-corrected chi connectivity index (χ0v) is 15.2. The van der Waals surface area contributed by atoms with Crippen molar-refractivity contribution in [2.24, 2.45) is 0 Å². The van der Waals surface area contributed by atoms with Gasteiger partial charge in [0.2, 0.25) is 0 Å². The van der Waals surface area contributed by atoms with Gasteiger partial charge in [0, 0.05) is 10.6 Å². The number of aliphatic hydroxyl groups is 1. The lowest BCUT2D eigenvalue weighted by atomic mass is 9.99. The molecule has 1 unspecified atom stereocenters. The molecule has 0 fully saturated rings. The molecule has 0 saturated carbocycles. The van der Waals surface area contributed by atoms with Crippen molar-refractivity contribution in [3.8, 4) is 5.69 Å². The molecule has 2 aromatic carbocycles. The maximum Gasteiger partial charge on any atom is 0.417 e. The minimum Gasteiger partial charge on any atom is -0.384 e. The molecule has 0 spiro atoms. The van der Waals surface area contributed by atoms with Crippen LogP contribution in [0.4, 0.5) is 13.2 Å². The highest BCUT2D eigenvalue weighted by Crippen LogP contribution is 2.38. The first kappa shape index (κ1) is 20.1. The monoisotopic (exact) mass is 431 g/mol. The van der Waals surface area contributed by atoms with Crippen LogP contribution in [0.1, 0.15) is 22.8 Å². The molecule has 28 heavy (non-hydrogen) atoms. The van der Waals surface area contributed by atoms with Gasteiger partial charge in [-0.15, -0.1) is 0 Å². The number of alkyl halides is 3. The first-order valence-corrected chi connectivity index (χ1v) is 8.36. The minimum absolute atomic E-state index is 0.0200. The van der Waals surface area contributed by atoms with Gasteiger partial charge < -0.3 is 5.11 Å². The molecule has 1 atom stereocenters. The summed E-state index contributed by atoms with van der Waals surface area (Å²) in [5.74, 6) is 0. The average Bonchev–Trinajstić information content (AvgIpc) is 2.60. The summed E-state index contributed by atoms with van der Waals surface area (Å²) in [6.45, 7) is 0. The lowest BCUT2D eigenvalue weighted by molar-refractivity contribution is -0.137. The predicted molar refractivity (Wildman–Crippen MR) is 96.0 cm³/mol. The molecule has 1 heterocycles. The van der Waals surface area contributed by atoms with Gasteiger partial charge in [0.25, 0.3) is 5.56 Å². The van der Waals surface area contributed by atoms with E-state index in [0.29, 0.717) is 0 Å². The summed E-state index contributed by atoms with van der Waals surface area (Å²) in [5.41, 5.74) is -2.33. The number of halogens is 5. The zero-order chi connectivity index (χ0) is 20.6. The molecule has 3 rings (SSSR count). The molecule has 0 saturated heterocycles. The van der Waals surface area contributed by atoms with Crippen molar-refractivity contribution < 1.29 is 18.3 Å². The van der Waals surface area contributed by atoms with Crippen LogP contribution in [0.3, 0.4) is 0 Å². The maximum atomic E-state index is 13.0. The van der Waals surface area contributed by atoms with Crippen molar-refractivity contribution in [3.63, 3.8) is 0 Å². The molecule has 0 aliphatic rings. The summed E-state index contributed by atoms with van der Waals surface area (Å²) in [6, 6.07) is 7.02. The Morgan fingerprint density at radius 2 is 1.79 bits per heavy atom. The third-order valence-electron chi connectivity index (χ3n) is 3.85. The van der Waals surface area contributed by atoms with Gasteiger partial charge in [0.1, 0.15) is 12.3 Å². The Balaban J connectivity index is 2.01. The van der Waals surface area contributed by atoms with E-state index in [1.54, 1.807) is 0 Å². The van der Waals surface area contributed by atoms with Crippen LogP contribution in [-0.2, 0) is 6.18 Å². The zero-order valence-electron chi connectivity index (χ0n) is 13.7. The van der Waals surface area contributed by atoms with Crippen molar-refractivity contribution >= 4 is 23.2 Å². The normalized spacial score (nSPS) is 12.8. The van der Waals surface area contributed by atoms with Crippen LogP contribution < -0.4 is 11.2 Å². The van der Waals surface area contributed by atoms with E-state index in [1.807, 2.05) is 4.98 Å². The highest BCUT2D eigenvalue weighted by Gasteiger charge is 2.34. The molecule has 3 aromatic rings. The highest BCUT2D eigenvalue weighted by atomic mass is 35.5. The molecule has 1 aromatic heterocycles. The van der Waals surface area contributed by atoms with E-state index in [0.717, 1.165) is 23.0 Å². The standard InChI is InChI=1S/C17H10Cl2F3N3O3/c18-12-4-1-8(5-11(12)17(20,21)22)15(27)10-3-2-9(6-13(10)19)25-16(28)24-14(26)7-23-25/h1-7,15,27H,(H,24,26,28). The number of aromatic amines is 1. The summed E-state index contributed by atoms with van der Waals surface area (Å²) >= 11 is 11.7. The third kappa shape index (κ3) is 3.96. The molecule has 146 valence electrons. The second kappa shape index (κ2) is 7.42. The van der Waals surface area contributed by atoms with Gasteiger partial charge in [-0.25, -0.2) is 4.79 Å². The van der Waals surface area contributed by atoms with Crippen molar-refractivity contribution in [2.75, 3.05) is 0 Å². The van der Waals surface area contributed by atoms with Crippen LogP contribution in [-0.4, -0.2) is 19.9 Å². The van der Waals surface area contributed by atoms with E-state index >= 15 is 0 Å². The van der Waals surface area contributed by atoms with E-state index in [1.165, 1.54) is 24.3 Å². The van der Waals surface area contributed by atoms with Crippen LogP contribution >= 0.6 is 23.2 Å². The topological polar surface area (TPSA) is 88.0 Å². The van der Waals surface area contributed by atoms with Gasteiger partial charge in [0.15, 0.2) is 0 Å². The molecule has 0 bridgehead atoms. The van der Waals surface area contributed by atoms with E-state index in [4.69, 9.17) is 23.2 Å². The number of rotatable bonds is 3. The fourth-order valence-electron chi connectivity index (χ4n) is 2.52. The Morgan fingerprint density at radius 3 is 2.39 bits per heavy atom. The van der Waals surface area contributed by atoms with Crippen molar-refractivity contribution in [1.82, 2.24) is 14.8 Å². The Labute approximate surface area is 164 Å².